The van der Waals surface area contributed by atoms with Crippen LogP contribution >= 0.6 is 0 Å². The molecule has 0 aromatic heterocycles. The van der Waals surface area contributed by atoms with Gasteiger partial charge in [0.05, 0.1) is 6.61 Å². The number of ether oxygens (including phenoxy) is 1. The summed E-state index contributed by atoms with van der Waals surface area (Å²) in [6.07, 6.45) is 4.17. The molecule has 2 N–H and O–H groups in total. The second kappa shape index (κ2) is 7.33. The lowest BCUT2D eigenvalue weighted by Gasteiger charge is -2.16. The van der Waals surface area contributed by atoms with E-state index in [1.807, 2.05) is 0 Å². The van der Waals surface area contributed by atoms with Crippen molar-refractivity contribution in [1.29, 1.82) is 0 Å². The van der Waals surface area contributed by atoms with Crippen molar-refractivity contribution in [3.63, 3.8) is 0 Å². The number of aryl methyl sites for hydroxylation is 1. The van der Waals surface area contributed by atoms with Crippen molar-refractivity contribution in [2.75, 3.05) is 6.61 Å². The van der Waals surface area contributed by atoms with Crippen molar-refractivity contribution >= 4 is 0 Å². The van der Waals surface area contributed by atoms with Crippen molar-refractivity contribution in [2.24, 2.45) is 5.73 Å². The van der Waals surface area contributed by atoms with Crippen molar-refractivity contribution < 1.29 is 4.74 Å². The zero-order chi connectivity index (χ0) is 12.7. The summed E-state index contributed by atoms with van der Waals surface area (Å²) in [4.78, 5) is 0. The van der Waals surface area contributed by atoms with Gasteiger partial charge in [-0.2, -0.15) is 0 Å². The van der Waals surface area contributed by atoms with Crippen LogP contribution in [-0.4, -0.2) is 12.6 Å². The van der Waals surface area contributed by atoms with Crippen LogP contribution in [0, 0.1) is 6.92 Å². The van der Waals surface area contributed by atoms with Crippen molar-refractivity contribution in [1.82, 2.24) is 0 Å². The van der Waals surface area contributed by atoms with Crippen LogP contribution < -0.4 is 10.5 Å². The summed E-state index contributed by atoms with van der Waals surface area (Å²) in [6.45, 7) is 7.20. The lowest BCUT2D eigenvalue weighted by atomic mass is 10.0. The van der Waals surface area contributed by atoms with Crippen molar-refractivity contribution in [2.45, 2.75) is 52.5 Å². The Morgan fingerprint density at radius 2 is 2.06 bits per heavy atom. The smallest absolute Gasteiger partial charge is 0.125 e. The van der Waals surface area contributed by atoms with E-state index in [-0.39, 0.29) is 6.04 Å². The third-order valence-corrected chi connectivity index (χ3v) is 3.04. The van der Waals surface area contributed by atoms with E-state index in [9.17, 15) is 0 Å². The molecule has 1 unspecified atom stereocenters. The second-order valence-electron chi connectivity index (χ2n) is 4.64. The molecule has 0 aliphatic heterocycles. The quantitative estimate of drug-likeness (QED) is 0.735. The lowest BCUT2D eigenvalue weighted by molar-refractivity contribution is 0.303. The predicted octanol–water partition coefficient (Wildman–Crippen LogP) is 3.45. The molecule has 0 fully saturated rings. The molecule has 1 atom stereocenters. The summed E-state index contributed by atoms with van der Waals surface area (Å²) in [5, 5.41) is 0. The van der Waals surface area contributed by atoms with Gasteiger partial charge in [-0.1, -0.05) is 38.5 Å². The number of para-hydroxylation sites is 1. The Morgan fingerprint density at radius 3 is 2.71 bits per heavy atom. The number of rotatable bonds is 7. The van der Waals surface area contributed by atoms with Gasteiger partial charge >= 0.3 is 0 Å². The molecule has 2 heteroatoms. The molecule has 2 nitrogen and oxygen atoms in total. The minimum atomic E-state index is 0.227. The number of nitrogens with two attached hydrogens (primary N) is 1. The fourth-order valence-corrected chi connectivity index (χ4v) is 1.83. The zero-order valence-corrected chi connectivity index (χ0v) is 11.3. The molecule has 0 amide bonds. The van der Waals surface area contributed by atoms with Crippen LogP contribution in [0.5, 0.6) is 5.75 Å². The summed E-state index contributed by atoms with van der Waals surface area (Å²) in [7, 11) is 0. The Balaban J connectivity index is 2.76. The predicted molar refractivity (Wildman–Crippen MR) is 73.6 cm³/mol. The summed E-state index contributed by atoms with van der Waals surface area (Å²) in [5.41, 5.74) is 8.48. The Labute approximate surface area is 105 Å². The molecule has 0 saturated heterocycles. The summed E-state index contributed by atoms with van der Waals surface area (Å²) in [5.74, 6) is 1.05. The molecule has 0 spiro atoms. The van der Waals surface area contributed by atoms with Gasteiger partial charge in [-0.05, 0) is 37.3 Å². The minimum Gasteiger partial charge on any atom is -0.493 e. The summed E-state index contributed by atoms with van der Waals surface area (Å²) < 4.78 is 5.90. The molecule has 1 aromatic carbocycles. The van der Waals surface area contributed by atoms with E-state index in [1.54, 1.807) is 0 Å². The van der Waals surface area contributed by atoms with E-state index < -0.39 is 0 Å². The molecule has 0 aliphatic rings. The SMILES string of the molecule is CCCCOc1c(C)cccc1CC(N)CC. The van der Waals surface area contributed by atoms with Crippen LogP contribution in [0.3, 0.4) is 0 Å². The average molecular weight is 235 g/mol. The zero-order valence-electron chi connectivity index (χ0n) is 11.3. The van der Waals surface area contributed by atoms with Crippen LogP contribution in [0.1, 0.15) is 44.2 Å². The molecule has 0 saturated carbocycles. The van der Waals surface area contributed by atoms with E-state index >= 15 is 0 Å². The standard InChI is InChI=1S/C15H25NO/c1-4-6-10-17-15-12(3)8-7-9-13(15)11-14(16)5-2/h7-9,14H,4-6,10-11,16H2,1-3H3. The fourth-order valence-electron chi connectivity index (χ4n) is 1.83. The number of unbranched alkanes of at least 4 members (excludes halogenated alkanes) is 1. The van der Waals surface area contributed by atoms with Crippen LogP contribution in [-0.2, 0) is 6.42 Å². The third kappa shape index (κ3) is 4.39. The van der Waals surface area contributed by atoms with Gasteiger partial charge in [0.1, 0.15) is 5.75 Å². The Kier molecular flexibility index (Phi) is 6.06. The highest BCUT2D eigenvalue weighted by molar-refractivity contribution is 5.41. The highest BCUT2D eigenvalue weighted by Crippen LogP contribution is 2.25. The van der Waals surface area contributed by atoms with Gasteiger partial charge in [-0.15, -0.1) is 0 Å². The Hall–Kier alpha value is -1.02. The lowest BCUT2D eigenvalue weighted by Crippen LogP contribution is -2.22. The van der Waals surface area contributed by atoms with Crippen LogP contribution in [0.25, 0.3) is 0 Å². The third-order valence-electron chi connectivity index (χ3n) is 3.04. The topological polar surface area (TPSA) is 35.2 Å². The van der Waals surface area contributed by atoms with Gasteiger partial charge < -0.3 is 10.5 Å². The van der Waals surface area contributed by atoms with Crippen molar-refractivity contribution in [3.05, 3.63) is 29.3 Å². The van der Waals surface area contributed by atoms with E-state index in [4.69, 9.17) is 10.5 Å². The van der Waals surface area contributed by atoms with E-state index in [0.717, 1.165) is 38.0 Å². The molecule has 0 heterocycles. The van der Waals surface area contributed by atoms with Gasteiger partial charge in [0.2, 0.25) is 0 Å². The maximum absolute atomic E-state index is 6.02. The molecular formula is C15H25NO. The highest BCUT2D eigenvalue weighted by atomic mass is 16.5. The monoisotopic (exact) mass is 235 g/mol. The number of benzene rings is 1. The maximum atomic E-state index is 6.02. The molecule has 1 aromatic rings. The van der Waals surface area contributed by atoms with Crippen LogP contribution in [0.2, 0.25) is 0 Å². The molecule has 0 aliphatic carbocycles. The molecule has 0 radical (unpaired) electrons. The van der Waals surface area contributed by atoms with Gasteiger partial charge in [0.15, 0.2) is 0 Å². The van der Waals surface area contributed by atoms with Gasteiger partial charge in [0.25, 0.3) is 0 Å². The van der Waals surface area contributed by atoms with E-state index in [2.05, 4.69) is 39.0 Å². The molecule has 1 rings (SSSR count). The minimum absolute atomic E-state index is 0.227. The Morgan fingerprint density at radius 1 is 1.29 bits per heavy atom. The maximum Gasteiger partial charge on any atom is 0.125 e. The fraction of sp³-hybridized carbons (Fsp3) is 0.600. The van der Waals surface area contributed by atoms with Crippen LogP contribution in [0.4, 0.5) is 0 Å². The molecular weight excluding hydrogens is 210 g/mol. The normalized spacial score (nSPS) is 12.5. The Bertz CT molecular complexity index is 336. The van der Waals surface area contributed by atoms with E-state index in [1.165, 1.54) is 11.1 Å². The first-order chi connectivity index (χ1) is 8.19. The number of hydrogen-bond donors (Lipinski definition) is 1. The van der Waals surface area contributed by atoms with Gasteiger partial charge in [-0.25, -0.2) is 0 Å². The van der Waals surface area contributed by atoms with Crippen molar-refractivity contribution in [3.8, 4) is 5.75 Å². The van der Waals surface area contributed by atoms with Gasteiger partial charge in [-0.3, -0.25) is 0 Å². The molecule has 96 valence electrons. The van der Waals surface area contributed by atoms with Gasteiger partial charge in [0, 0.05) is 6.04 Å². The average Bonchev–Trinajstić information content (AvgIpc) is 2.32. The van der Waals surface area contributed by atoms with E-state index in [0.29, 0.717) is 0 Å². The second-order valence-corrected chi connectivity index (χ2v) is 4.64. The largest absolute Gasteiger partial charge is 0.493 e. The first kappa shape index (κ1) is 14.0. The number of hydrogen-bond acceptors (Lipinski definition) is 2. The van der Waals surface area contributed by atoms with Crippen LogP contribution in [0.15, 0.2) is 18.2 Å². The summed E-state index contributed by atoms with van der Waals surface area (Å²) in [6, 6.07) is 6.54. The molecule has 17 heavy (non-hydrogen) atoms. The first-order valence-corrected chi connectivity index (χ1v) is 6.65. The molecule has 0 bridgehead atoms. The first-order valence-electron chi connectivity index (χ1n) is 6.65. The highest BCUT2D eigenvalue weighted by Gasteiger charge is 2.09. The summed E-state index contributed by atoms with van der Waals surface area (Å²) >= 11 is 0.